The fraction of sp³-hybridized carbons (Fsp3) is 0. The van der Waals surface area contributed by atoms with E-state index in [1.165, 1.54) is 11.3 Å². The van der Waals surface area contributed by atoms with Crippen molar-refractivity contribution in [1.29, 1.82) is 0 Å². The van der Waals surface area contributed by atoms with E-state index in [9.17, 15) is 0 Å². The van der Waals surface area contributed by atoms with Crippen LogP contribution in [0.3, 0.4) is 0 Å². The highest BCUT2D eigenvalue weighted by molar-refractivity contribution is 7.13. The van der Waals surface area contributed by atoms with Crippen LogP contribution in [0.4, 0.5) is 0 Å². The molecular formula is C13H8ClN3S. The van der Waals surface area contributed by atoms with Crippen molar-refractivity contribution in [3.63, 3.8) is 0 Å². The van der Waals surface area contributed by atoms with Crippen molar-refractivity contribution in [2.75, 3.05) is 0 Å². The molecule has 2 heterocycles. The first kappa shape index (κ1) is 11.3. The Labute approximate surface area is 113 Å². The fourth-order valence-electron chi connectivity index (χ4n) is 1.58. The number of hydrogen-bond acceptors (Lipinski definition) is 4. The van der Waals surface area contributed by atoms with Crippen LogP contribution in [-0.4, -0.2) is 15.0 Å². The van der Waals surface area contributed by atoms with Gasteiger partial charge < -0.3 is 0 Å². The van der Waals surface area contributed by atoms with Crippen LogP contribution < -0.4 is 0 Å². The van der Waals surface area contributed by atoms with Gasteiger partial charge in [-0.2, -0.15) is 0 Å². The van der Waals surface area contributed by atoms with Crippen molar-refractivity contribution in [3.8, 4) is 22.1 Å². The topological polar surface area (TPSA) is 38.7 Å². The first-order valence-electron chi connectivity index (χ1n) is 5.32. The third kappa shape index (κ3) is 2.12. The maximum absolute atomic E-state index is 6.15. The highest BCUT2D eigenvalue weighted by atomic mass is 35.5. The SMILES string of the molecule is Clc1ccccc1-c1csc(-c2ncccn2)n1. The van der Waals surface area contributed by atoms with Gasteiger partial charge in [0.15, 0.2) is 10.8 Å². The molecule has 0 aliphatic carbocycles. The van der Waals surface area contributed by atoms with Gasteiger partial charge in [-0.05, 0) is 12.1 Å². The van der Waals surface area contributed by atoms with Gasteiger partial charge in [0.25, 0.3) is 0 Å². The first-order valence-corrected chi connectivity index (χ1v) is 6.58. The summed E-state index contributed by atoms with van der Waals surface area (Å²) in [6.45, 7) is 0. The summed E-state index contributed by atoms with van der Waals surface area (Å²) in [6.07, 6.45) is 3.41. The Hall–Kier alpha value is -1.78. The van der Waals surface area contributed by atoms with Crippen molar-refractivity contribution in [3.05, 3.63) is 53.1 Å². The summed E-state index contributed by atoms with van der Waals surface area (Å²) in [5.74, 6) is 0.640. The predicted molar refractivity (Wildman–Crippen MR) is 73.6 cm³/mol. The van der Waals surface area contributed by atoms with Gasteiger partial charge in [0.2, 0.25) is 0 Å². The Bertz CT molecular complexity index is 667. The molecule has 18 heavy (non-hydrogen) atoms. The Kier molecular flexibility index (Phi) is 3.04. The average Bonchev–Trinajstić information content (AvgIpc) is 2.90. The largest absolute Gasteiger partial charge is 0.234 e. The van der Waals surface area contributed by atoms with E-state index >= 15 is 0 Å². The molecule has 3 aromatic rings. The standard InChI is InChI=1S/C13H8ClN3S/c14-10-5-2-1-4-9(10)11-8-18-13(17-11)12-15-6-3-7-16-12/h1-8H. The highest BCUT2D eigenvalue weighted by Gasteiger charge is 2.10. The van der Waals surface area contributed by atoms with Crippen molar-refractivity contribution in [2.45, 2.75) is 0 Å². The monoisotopic (exact) mass is 273 g/mol. The lowest BCUT2D eigenvalue weighted by Crippen LogP contribution is -1.86. The van der Waals surface area contributed by atoms with Crippen LogP contribution in [0.1, 0.15) is 0 Å². The molecule has 2 aromatic heterocycles. The molecule has 0 fully saturated rings. The summed E-state index contributed by atoms with van der Waals surface area (Å²) in [7, 11) is 0. The lowest BCUT2D eigenvalue weighted by molar-refractivity contribution is 1.16. The smallest absolute Gasteiger partial charge is 0.188 e. The van der Waals surface area contributed by atoms with Gasteiger partial charge in [-0.3, -0.25) is 0 Å². The molecule has 0 saturated heterocycles. The summed E-state index contributed by atoms with van der Waals surface area (Å²) < 4.78 is 0. The second kappa shape index (κ2) is 4.84. The molecule has 3 rings (SSSR count). The van der Waals surface area contributed by atoms with Crippen LogP contribution in [0.5, 0.6) is 0 Å². The zero-order chi connectivity index (χ0) is 12.4. The van der Waals surface area contributed by atoms with E-state index in [1.54, 1.807) is 18.5 Å². The Balaban J connectivity index is 2.03. The number of halogens is 1. The molecular weight excluding hydrogens is 266 g/mol. The number of thiazole rings is 1. The van der Waals surface area contributed by atoms with Crippen LogP contribution in [0, 0.1) is 0 Å². The first-order chi connectivity index (χ1) is 8.84. The predicted octanol–water partition coefficient (Wildman–Crippen LogP) is 3.92. The molecule has 0 atom stereocenters. The highest BCUT2D eigenvalue weighted by Crippen LogP contribution is 2.30. The van der Waals surface area contributed by atoms with E-state index in [2.05, 4.69) is 15.0 Å². The molecule has 0 aliphatic rings. The molecule has 5 heteroatoms. The summed E-state index contributed by atoms with van der Waals surface area (Å²) in [4.78, 5) is 12.9. The molecule has 88 valence electrons. The average molecular weight is 274 g/mol. The van der Waals surface area contributed by atoms with Crippen LogP contribution in [-0.2, 0) is 0 Å². The summed E-state index contributed by atoms with van der Waals surface area (Å²) in [5.41, 5.74) is 1.78. The van der Waals surface area contributed by atoms with Crippen LogP contribution in [0.25, 0.3) is 22.1 Å². The number of benzene rings is 1. The van der Waals surface area contributed by atoms with Crippen LogP contribution in [0.15, 0.2) is 48.1 Å². The molecule has 0 saturated carbocycles. The molecule has 0 amide bonds. The molecule has 1 aromatic carbocycles. The van der Waals surface area contributed by atoms with Crippen molar-refractivity contribution in [2.24, 2.45) is 0 Å². The lowest BCUT2D eigenvalue weighted by Gasteiger charge is -1.98. The molecule has 0 unspecified atom stereocenters. The van der Waals surface area contributed by atoms with E-state index < -0.39 is 0 Å². The second-order valence-corrected chi connectivity index (χ2v) is 4.86. The van der Waals surface area contributed by atoms with Gasteiger partial charge in [-0.15, -0.1) is 11.3 Å². The molecule has 3 nitrogen and oxygen atoms in total. The van der Waals surface area contributed by atoms with E-state index in [0.29, 0.717) is 10.8 Å². The van der Waals surface area contributed by atoms with Crippen molar-refractivity contribution in [1.82, 2.24) is 15.0 Å². The maximum atomic E-state index is 6.15. The summed E-state index contributed by atoms with van der Waals surface area (Å²) in [6, 6.07) is 9.44. The van der Waals surface area contributed by atoms with Gasteiger partial charge in [0.05, 0.1) is 5.69 Å². The molecule has 0 N–H and O–H groups in total. The van der Waals surface area contributed by atoms with Gasteiger partial charge in [-0.1, -0.05) is 29.8 Å². The quantitative estimate of drug-likeness (QED) is 0.710. The minimum atomic E-state index is 0.640. The second-order valence-electron chi connectivity index (χ2n) is 3.59. The molecule has 0 aliphatic heterocycles. The van der Waals surface area contributed by atoms with Gasteiger partial charge in [-0.25, -0.2) is 15.0 Å². The van der Waals surface area contributed by atoms with Crippen LogP contribution in [0.2, 0.25) is 5.02 Å². The third-order valence-corrected chi connectivity index (χ3v) is 3.58. The third-order valence-electron chi connectivity index (χ3n) is 2.41. The summed E-state index contributed by atoms with van der Waals surface area (Å²) >= 11 is 7.66. The minimum absolute atomic E-state index is 0.640. The van der Waals surface area contributed by atoms with Gasteiger partial charge >= 0.3 is 0 Å². The van der Waals surface area contributed by atoms with E-state index in [4.69, 9.17) is 11.6 Å². The zero-order valence-corrected chi connectivity index (χ0v) is 10.8. The number of nitrogens with zero attached hydrogens (tertiary/aromatic N) is 3. The van der Waals surface area contributed by atoms with E-state index in [0.717, 1.165) is 16.3 Å². The Morgan fingerprint density at radius 2 is 1.78 bits per heavy atom. The van der Waals surface area contributed by atoms with E-state index in [-0.39, 0.29) is 0 Å². The number of hydrogen-bond donors (Lipinski definition) is 0. The maximum Gasteiger partial charge on any atom is 0.188 e. The Morgan fingerprint density at radius 1 is 1.00 bits per heavy atom. The number of rotatable bonds is 2. The Morgan fingerprint density at radius 3 is 2.56 bits per heavy atom. The molecule has 0 radical (unpaired) electrons. The van der Waals surface area contributed by atoms with Gasteiger partial charge in [0, 0.05) is 28.4 Å². The van der Waals surface area contributed by atoms with Gasteiger partial charge in [0.1, 0.15) is 0 Å². The fourth-order valence-corrected chi connectivity index (χ4v) is 2.58. The zero-order valence-electron chi connectivity index (χ0n) is 9.25. The minimum Gasteiger partial charge on any atom is -0.234 e. The molecule has 0 bridgehead atoms. The normalized spacial score (nSPS) is 10.5. The van der Waals surface area contributed by atoms with Crippen molar-refractivity contribution < 1.29 is 0 Å². The van der Waals surface area contributed by atoms with E-state index in [1.807, 2.05) is 29.6 Å². The van der Waals surface area contributed by atoms with Crippen LogP contribution >= 0.6 is 22.9 Å². The summed E-state index contributed by atoms with van der Waals surface area (Å²) in [5, 5.41) is 3.46. The number of aromatic nitrogens is 3. The molecule has 0 spiro atoms. The lowest BCUT2D eigenvalue weighted by atomic mass is 10.2. The van der Waals surface area contributed by atoms with Crippen molar-refractivity contribution >= 4 is 22.9 Å².